The van der Waals surface area contributed by atoms with Crippen molar-refractivity contribution in [1.29, 1.82) is 0 Å². The van der Waals surface area contributed by atoms with Crippen LogP contribution in [-0.2, 0) is 19.1 Å². The fourth-order valence-corrected chi connectivity index (χ4v) is 0.185. The number of carbonyl (C=O) groups excluding carboxylic acids is 2. The second-order valence-corrected chi connectivity index (χ2v) is 1.11. The van der Waals surface area contributed by atoms with Crippen molar-refractivity contribution < 1.29 is 21.8 Å². The topological polar surface area (TPSA) is 52.6 Å². The lowest BCUT2D eigenvalue weighted by molar-refractivity contribution is -0.151. The van der Waals surface area contributed by atoms with Crippen LogP contribution < -0.4 is 0 Å². The van der Waals surface area contributed by atoms with Crippen LogP contribution >= 0.6 is 0 Å². The van der Waals surface area contributed by atoms with E-state index in [1.165, 1.54) is 0 Å². The van der Waals surface area contributed by atoms with Gasteiger partial charge in [0.25, 0.3) is 0 Å². The lowest BCUT2D eigenvalue weighted by Gasteiger charge is -1.95. The summed E-state index contributed by atoms with van der Waals surface area (Å²) in [6.07, 6.45) is -2.70. The molecule has 0 aliphatic carbocycles. The van der Waals surface area contributed by atoms with Crippen molar-refractivity contribution in [3.05, 3.63) is 0 Å². The van der Waals surface area contributed by atoms with Gasteiger partial charge in [0, 0.05) is 0 Å². The van der Waals surface area contributed by atoms with E-state index in [1.54, 1.807) is 0 Å². The molecule has 0 aromatic carbocycles. The number of rotatable bonds is 2. The first-order valence-corrected chi connectivity index (χ1v) is 2.13. The Morgan fingerprint density at radius 1 is 1.33 bits per heavy atom. The first-order chi connectivity index (χ1) is 4.96. The molecule has 0 unspecified atom stereocenters. The Labute approximate surface area is 55.6 Å². The molecule has 0 aliphatic rings. The molecule has 0 saturated heterocycles. The van der Waals surface area contributed by atoms with Crippen LogP contribution in [0, 0.1) is 0 Å². The van der Waals surface area contributed by atoms with Crippen LogP contribution in [-0.4, -0.2) is 26.2 Å². The molecular weight excluding hydrogens is 124 g/mol. The number of carbonyl (C=O) groups is 2. The minimum atomic E-state index is -2.70. The van der Waals surface area contributed by atoms with Crippen molar-refractivity contribution in [3.8, 4) is 0 Å². The largest absolute Gasteiger partial charge is 0.469 e. The van der Waals surface area contributed by atoms with E-state index < -0.39 is 18.3 Å². The van der Waals surface area contributed by atoms with Crippen LogP contribution in [0.4, 0.5) is 0 Å². The molecule has 4 heteroatoms. The van der Waals surface area contributed by atoms with E-state index in [-0.39, 0.29) is 0 Å². The van der Waals surface area contributed by atoms with Crippen LogP contribution in [0.15, 0.2) is 0 Å². The lowest BCUT2D eigenvalue weighted by Crippen LogP contribution is -2.09. The van der Waals surface area contributed by atoms with E-state index in [9.17, 15) is 9.59 Å². The van der Waals surface area contributed by atoms with Crippen molar-refractivity contribution >= 4 is 11.9 Å². The maximum absolute atomic E-state index is 10.5. The molecule has 0 radical (unpaired) electrons. The summed E-state index contributed by atoms with van der Waals surface area (Å²) in [5.74, 6) is -2.52. The van der Waals surface area contributed by atoms with Crippen LogP contribution in [0.25, 0.3) is 0 Å². The molecule has 0 spiro atoms. The van der Waals surface area contributed by atoms with Gasteiger partial charge in [-0.25, -0.2) is 0 Å². The number of hydrogen-bond donors (Lipinski definition) is 0. The van der Waals surface area contributed by atoms with Crippen LogP contribution in [0.5, 0.6) is 0 Å². The van der Waals surface area contributed by atoms with Crippen LogP contribution in [0.2, 0.25) is 0 Å². The van der Waals surface area contributed by atoms with Gasteiger partial charge in [0.2, 0.25) is 0 Å². The third-order valence-electron chi connectivity index (χ3n) is 0.575. The fraction of sp³-hybridized carbons (Fsp3) is 0.600. The highest BCUT2D eigenvalue weighted by Gasteiger charge is 2.07. The molecule has 4 nitrogen and oxygen atoms in total. The quantitative estimate of drug-likeness (QED) is 0.385. The Morgan fingerprint density at radius 3 is 1.89 bits per heavy atom. The molecular formula is C5H8O4. The van der Waals surface area contributed by atoms with E-state index in [4.69, 9.17) is 2.74 Å². The molecule has 52 valence electrons. The first kappa shape index (κ1) is 4.78. The van der Waals surface area contributed by atoms with E-state index in [0.29, 0.717) is 0 Å². The van der Waals surface area contributed by atoms with E-state index in [0.717, 1.165) is 14.2 Å². The molecule has 0 atom stereocenters. The highest BCUT2D eigenvalue weighted by atomic mass is 16.5. The van der Waals surface area contributed by atoms with Gasteiger partial charge in [-0.1, -0.05) is 0 Å². The van der Waals surface area contributed by atoms with Gasteiger partial charge in [-0.15, -0.1) is 0 Å². The Balaban J connectivity index is 4.44. The maximum Gasteiger partial charge on any atom is 0.316 e. The minimum absolute atomic E-state index is 0.989. The van der Waals surface area contributed by atoms with Gasteiger partial charge in [0.15, 0.2) is 0 Å². The highest BCUT2D eigenvalue weighted by molar-refractivity contribution is 5.90. The third-order valence-corrected chi connectivity index (χ3v) is 0.575. The molecule has 0 bridgehead atoms. The van der Waals surface area contributed by atoms with Gasteiger partial charge in [0.05, 0.1) is 17.0 Å². The van der Waals surface area contributed by atoms with Gasteiger partial charge in [0.1, 0.15) is 6.37 Å². The molecule has 0 heterocycles. The molecule has 0 N–H and O–H groups in total. The summed E-state index contributed by atoms with van der Waals surface area (Å²) in [5, 5.41) is 0. The Bertz CT molecular complexity index is 159. The lowest BCUT2D eigenvalue weighted by atomic mass is 10.4. The summed E-state index contributed by atoms with van der Waals surface area (Å²) in [6, 6.07) is 0. The molecule has 0 saturated carbocycles. The van der Waals surface area contributed by atoms with Gasteiger partial charge in [-0.2, -0.15) is 0 Å². The first-order valence-electron chi connectivity index (χ1n) is 3.13. The summed E-state index contributed by atoms with van der Waals surface area (Å²) in [5.41, 5.74) is 0. The zero-order valence-corrected chi connectivity index (χ0v) is 5.13. The Hall–Kier alpha value is -1.06. The number of ether oxygens (including phenoxy) is 2. The van der Waals surface area contributed by atoms with E-state index in [1.807, 2.05) is 0 Å². The zero-order valence-electron chi connectivity index (χ0n) is 7.13. The van der Waals surface area contributed by atoms with Gasteiger partial charge in [-0.3, -0.25) is 9.59 Å². The Kier molecular flexibility index (Phi) is 2.06. The SMILES string of the molecule is [2H]C([2H])(C(=O)OC)C(=O)OC. The van der Waals surface area contributed by atoms with Crippen molar-refractivity contribution in [1.82, 2.24) is 0 Å². The second-order valence-electron chi connectivity index (χ2n) is 1.11. The molecule has 0 fully saturated rings. The monoisotopic (exact) mass is 134 g/mol. The Morgan fingerprint density at radius 2 is 1.67 bits per heavy atom. The predicted octanol–water partition coefficient (Wildman–Crippen LogP) is -0.278. The predicted molar refractivity (Wildman–Crippen MR) is 28.6 cm³/mol. The minimum Gasteiger partial charge on any atom is -0.469 e. The van der Waals surface area contributed by atoms with Crippen molar-refractivity contribution in [2.75, 3.05) is 14.2 Å². The van der Waals surface area contributed by atoms with Gasteiger partial charge >= 0.3 is 11.9 Å². The van der Waals surface area contributed by atoms with E-state index >= 15 is 0 Å². The summed E-state index contributed by atoms with van der Waals surface area (Å²) >= 11 is 0. The normalized spacial score (nSPS) is 13.1. The smallest absolute Gasteiger partial charge is 0.316 e. The average Bonchev–Trinajstić information content (AvgIpc) is 2.01. The van der Waals surface area contributed by atoms with Gasteiger partial charge in [-0.05, 0) is 0 Å². The average molecular weight is 134 g/mol. The van der Waals surface area contributed by atoms with Crippen molar-refractivity contribution in [2.24, 2.45) is 0 Å². The van der Waals surface area contributed by atoms with Crippen molar-refractivity contribution in [3.63, 3.8) is 0 Å². The van der Waals surface area contributed by atoms with Crippen molar-refractivity contribution in [2.45, 2.75) is 6.37 Å². The van der Waals surface area contributed by atoms with Crippen LogP contribution in [0.3, 0.4) is 0 Å². The van der Waals surface area contributed by atoms with E-state index in [2.05, 4.69) is 9.47 Å². The molecule has 0 rings (SSSR count). The molecule has 9 heavy (non-hydrogen) atoms. The fourth-order valence-electron chi connectivity index (χ4n) is 0.185. The van der Waals surface area contributed by atoms with Crippen LogP contribution in [0.1, 0.15) is 9.11 Å². The number of esters is 2. The summed E-state index contributed by atoms with van der Waals surface area (Å²) in [7, 11) is 1.98. The highest BCUT2D eigenvalue weighted by Crippen LogP contribution is 1.85. The summed E-state index contributed by atoms with van der Waals surface area (Å²) < 4.78 is 21.8. The zero-order chi connectivity index (χ0) is 9.07. The van der Waals surface area contributed by atoms with Gasteiger partial charge < -0.3 is 9.47 Å². The summed E-state index contributed by atoms with van der Waals surface area (Å²) in [6.45, 7) is 0. The summed E-state index contributed by atoms with van der Waals surface area (Å²) in [4.78, 5) is 21.1. The molecule has 0 amide bonds. The second kappa shape index (κ2) is 3.88. The standard InChI is InChI=1S/C5H8O4/c1-8-4(6)3-5(7)9-2/h3H2,1-2H3/i3D2. The molecule has 0 aromatic heterocycles. The molecule has 0 aliphatic heterocycles. The maximum atomic E-state index is 10.5. The number of hydrogen-bond acceptors (Lipinski definition) is 4. The molecule has 0 aromatic rings. The third kappa shape index (κ3) is 3.52. The number of methoxy groups -OCH3 is 2.